The molecule has 1 aliphatic rings. The number of pyridine rings is 1. The molecule has 3 heterocycles. The molecule has 1 atom stereocenters. The van der Waals surface area contributed by atoms with Gasteiger partial charge < -0.3 is 19.8 Å². The number of alkyl carbamates (subject to hydrolysis) is 1. The van der Waals surface area contributed by atoms with Crippen molar-refractivity contribution in [1.29, 1.82) is 5.26 Å². The lowest BCUT2D eigenvalue weighted by Gasteiger charge is -2.22. The minimum Gasteiger partial charge on any atom is -0.472 e. The van der Waals surface area contributed by atoms with Gasteiger partial charge in [0.05, 0.1) is 30.3 Å². The van der Waals surface area contributed by atoms with Crippen LogP contribution in [0.4, 0.5) is 9.80 Å². The van der Waals surface area contributed by atoms with E-state index in [-0.39, 0.29) is 18.6 Å². The van der Waals surface area contributed by atoms with Gasteiger partial charge >= 0.3 is 6.09 Å². The largest absolute Gasteiger partial charge is 0.472 e. The molecule has 1 aliphatic carbocycles. The first kappa shape index (κ1) is 21.3. The van der Waals surface area contributed by atoms with Gasteiger partial charge in [-0.1, -0.05) is 6.07 Å². The van der Waals surface area contributed by atoms with E-state index in [1.165, 1.54) is 29.9 Å². The number of nitriles is 1. The van der Waals surface area contributed by atoms with Gasteiger partial charge in [0, 0.05) is 29.1 Å². The number of hydrogen-bond donors (Lipinski definition) is 2. The summed E-state index contributed by atoms with van der Waals surface area (Å²) in [4.78, 5) is 29.5. The van der Waals surface area contributed by atoms with E-state index in [9.17, 15) is 14.9 Å². The normalized spacial score (nSPS) is 15.0. The zero-order chi connectivity index (χ0) is 22.3. The van der Waals surface area contributed by atoms with Gasteiger partial charge in [-0.25, -0.2) is 4.79 Å². The fraction of sp³-hybridized carbons (Fsp3) is 0.217. The number of amides is 2. The fourth-order valence-electron chi connectivity index (χ4n) is 3.42. The van der Waals surface area contributed by atoms with E-state index in [0.717, 1.165) is 21.7 Å². The number of nitrogens with zero attached hydrogens (tertiary/aromatic N) is 2. The molecule has 9 heteroatoms. The Morgan fingerprint density at radius 2 is 2.28 bits per heavy atom. The number of thiophene rings is 1. The highest BCUT2D eigenvalue weighted by atomic mass is 32.1. The van der Waals surface area contributed by atoms with Crippen molar-refractivity contribution in [2.75, 3.05) is 5.32 Å². The number of hydrogen-bond acceptors (Lipinski definition) is 7. The van der Waals surface area contributed by atoms with Gasteiger partial charge in [0.2, 0.25) is 5.91 Å². The van der Waals surface area contributed by atoms with Crippen LogP contribution in [0, 0.1) is 11.3 Å². The van der Waals surface area contributed by atoms with Crippen LogP contribution in [0.15, 0.2) is 53.5 Å². The van der Waals surface area contributed by atoms with Gasteiger partial charge in [-0.2, -0.15) is 5.26 Å². The molecule has 8 nitrogen and oxygen atoms in total. The van der Waals surface area contributed by atoms with Crippen LogP contribution < -0.4 is 10.6 Å². The summed E-state index contributed by atoms with van der Waals surface area (Å²) >= 11 is 1.35. The molecule has 3 aromatic rings. The molecule has 0 spiro atoms. The van der Waals surface area contributed by atoms with Gasteiger partial charge in [-0.15, -0.1) is 11.3 Å². The van der Waals surface area contributed by atoms with Crippen molar-refractivity contribution in [3.05, 3.63) is 76.3 Å². The summed E-state index contributed by atoms with van der Waals surface area (Å²) in [6.45, 7) is 0.289. The molecule has 4 rings (SSSR count). The second-order valence-electron chi connectivity index (χ2n) is 7.14. The molecule has 0 bridgehead atoms. The predicted octanol–water partition coefficient (Wildman–Crippen LogP) is 4.04. The SMILES string of the molecule is N#Cc1c(NC(=O)/C=C/c2ccoc2)sc2c1CCC(OC(=O)NCc1ccccn1)C2. The number of aromatic nitrogens is 1. The molecule has 32 heavy (non-hydrogen) atoms. The predicted molar refractivity (Wildman–Crippen MR) is 119 cm³/mol. The summed E-state index contributed by atoms with van der Waals surface area (Å²) in [6.07, 6.45) is 8.67. The molecule has 3 aromatic heterocycles. The molecule has 0 fully saturated rings. The first-order chi connectivity index (χ1) is 15.6. The molecule has 162 valence electrons. The Hall–Kier alpha value is -3.90. The zero-order valence-electron chi connectivity index (χ0n) is 17.0. The van der Waals surface area contributed by atoms with E-state index < -0.39 is 6.09 Å². The average molecular weight is 449 g/mol. The molecule has 0 saturated carbocycles. The number of carbonyl (C=O) groups is 2. The van der Waals surface area contributed by atoms with Crippen LogP contribution in [0.25, 0.3) is 6.08 Å². The van der Waals surface area contributed by atoms with E-state index in [0.29, 0.717) is 29.8 Å². The number of carbonyl (C=O) groups excluding carboxylic acids is 2. The minimum absolute atomic E-state index is 0.289. The van der Waals surface area contributed by atoms with Gasteiger partial charge in [-0.05, 0) is 42.7 Å². The van der Waals surface area contributed by atoms with Gasteiger partial charge in [0.25, 0.3) is 0 Å². The van der Waals surface area contributed by atoms with Crippen molar-refractivity contribution in [2.45, 2.75) is 31.9 Å². The fourth-order valence-corrected chi connectivity index (χ4v) is 4.68. The summed E-state index contributed by atoms with van der Waals surface area (Å²) in [5, 5.41) is 15.6. The molecule has 0 aromatic carbocycles. The number of ether oxygens (including phenoxy) is 1. The van der Waals surface area contributed by atoms with Crippen molar-refractivity contribution >= 4 is 34.4 Å². The molecule has 2 amide bonds. The molecule has 0 aliphatic heterocycles. The van der Waals surface area contributed by atoms with E-state index >= 15 is 0 Å². The third-order valence-electron chi connectivity index (χ3n) is 4.95. The average Bonchev–Trinajstić information content (AvgIpc) is 3.44. The van der Waals surface area contributed by atoms with Crippen LogP contribution in [0.2, 0.25) is 0 Å². The van der Waals surface area contributed by atoms with Crippen molar-refractivity contribution in [2.24, 2.45) is 0 Å². The van der Waals surface area contributed by atoms with Crippen LogP contribution in [-0.4, -0.2) is 23.1 Å². The van der Waals surface area contributed by atoms with Gasteiger partial charge in [-0.3, -0.25) is 9.78 Å². The molecular formula is C23H20N4O4S. The number of nitrogens with one attached hydrogen (secondary N) is 2. The summed E-state index contributed by atoms with van der Waals surface area (Å²) in [6, 6.07) is 9.42. The van der Waals surface area contributed by atoms with E-state index in [4.69, 9.17) is 9.15 Å². The molecule has 2 N–H and O–H groups in total. The van der Waals surface area contributed by atoms with Crippen molar-refractivity contribution < 1.29 is 18.7 Å². The Kier molecular flexibility index (Phi) is 6.63. The second-order valence-corrected chi connectivity index (χ2v) is 8.25. The number of fused-ring (bicyclic) bond motifs is 1. The highest BCUT2D eigenvalue weighted by Gasteiger charge is 2.28. The Morgan fingerprint density at radius 3 is 3.03 bits per heavy atom. The maximum absolute atomic E-state index is 12.3. The van der Waals surface area contributed by atoms with Crippen LogP contribution in [-0.2, 0) is 28.9 Å². The first-order valence-corrected chi connectivity index (χ1v) is 10.8. The highest BCUT2D eigenvalue weighted by Crippen LogP contribution is 2.38. The lowest BCUT2D eigenvalue weighted by atomic mass is 9.94. The van der Waals surface area contributed by atoms with Crippen LogP contribution >= 0.6 is 11.3 Å². The Bertz CT molecular complexity index is 1160. The van der Waals surface area contributed by atoms with Crippen molar-refractivity contribution in [3.63, 3.8) is 0 Å². The van der Waals surface area contributed by atoms with Crippen molar-refractivity contribution in [1.82, 2.24) is 10.3 Å². The molecule has 1 unspecified atom stereocenters. The minimum atomic E-state index is -0.501. The quantitative estimate of drug-likeness (QED) is 0.550. The number of anilines is 1. The Balaban J connectivity index is 1.36. The van der Waals surface area contributed by atoms with Gasteiger partial charge in [0.15, 0.2) is 0 Å². The number of rotatable bonds is 6. The lowest BCUT2D eigenvalue weighted by Crippen LogP contribution is -2.31. The second kappa shape index (κ2) is 9.94. The number of furan rings is 1. The zero-order valence-corrected chi connectivity index (χ0v) is 17.9. The van der Waals surface area contributed by atoms with Crippen LogP contribution in [0.5, 0.6) is 0 Å². The first-order valence-electron chi connectivity index (χ1n) is 10.0. The smallest absolute Gasteiger partial charge is 0.407 e. The maximum atomic E-state index is 12.3. The van der Waals surface area contributed by atoms with E-state index in [1.54, 1.807) is 18.3 Å². The monoisotopic (exact) mass is 448 g/mol. The standard InChI is InChI=1S/C23H20N4O4S/c24-12-19-18-6-5-17(31-23(29)26-13-16-3-1-2-9-25-16)11-20(18)32-22(19)27-21(28)7-4-15-8-10-30-14-15/h1-4,7-10,14,17H,5-6,11,13H2,(H,26,29)(H,27,28)/b7-4+. The van der Waals surface area contributed by atoms with E-state index in [1.807, 2.05) is 18.2 Å². The molecule has 0 saturated heterocycles. The summed E-state index contributed by atoms with van der Waals surface area (Å²) in [7, 11) is 0. The third kappa shape index (κ3) is 5.22. The highest BCUT2D eigenvalue weighted by molar-refractivity contribution is 7.16. The Morgan fingerprint density at radius 1 is 1.38 bits per heavy atom. The third-order valence-corrected chi connectivity index (χ3v) is 6.12. The summed E-state index contributed by atoms with van der Waals surface area (Å²) < 4.78 is 10.5. The Labute approximate surface area is 188 Å². The summed E-state index contributed by atoms with van der Waals surface area (Å²) in [5.41, 5.74) is 2.91. The van der Waals surface area contributed by atoms with Crippen molar-refractivity contribution in [3.8, 4) is 6.07 Å². The van der Waals surface area contributed by atoms with E-state index in [2.05, 4.69) is 21.7 Å². The molecule has 0 radical (unpaired) electrons. The van der Waals surface area contributed by atoms with Crippen LogP contribution in [0.3, 0.4) is 0 Å². The summed E-state index contributed by atoms with van der Waals surface area (Å²) in [5.74, 6) is -0.331. The van der Waals surface area contributed by atoms with Crippen LogP contribution in [0.1, 0.15) is 33.7 Å². The van der Waals surface area contributed by atoms with Gasteiger partial charge in [0.1, 0.15) is 17.2 Å². The lowest BCUT2D eigenvalue weighted by molar-refractivity contribution is -0.111. The topological polar surface area (TPSA) is 117 Å². The maximum Gasteiger partial charge on any atom is 0.407 e. The molecular weight excluding hydrogens is 428 g/mol.